The van der Waals surface area contributed by atoms with Gasteiger partial charge < -0.3 is 0 Å². The molecule has 0 spiro atoms. The van der Waals surface area contributed by atoms with Crippen LogP contribution in [0.15, 0.2) is 6.07 Å². The molecule has 0 saturated carbocycles. The van der Waals surface area contributed by atoms with Crippen LogP contribution in [0, 0.1) is 6.92 Å². The monoisotopic (exact) mass is 222 g/mol. The summed E-state index contributed by atoms with van der Waals surface area (Å²) in [5, 5.41) is 0.959. The third kappa shape index (κ3) is 1.80. The zero-order chi connectivity index (χ0) is 11.2. The van der Waals surface area contributed by atoms with Crippen LogP contribution in [0.5, 0.6) is 0 Å². The molecule has 0 unspecified atom stereocenters. The van der Waals surface area contributed by atoms with E-state index in [-0.39, 0.29) is 5.41 Å². The molecule has 1 aliphatic rings. The molecule has 0 aliphatic heterocycles. The molecule has 1 aliphatic carbocycles. The van der Waals surface area contributed by atoms with Gasteiger partial charge in [-0.05, 0) is 59.9 Å². The quantitative estimate of drug-likeness (QED) is 0.609. The van der Waals surface area contributed by atoms with Crippen molar-refractivity contribution < 1.29 is 0 Å². The molecular weight excluding hydrogens is 204 g/mol. The maximum atomic E-state index is 6.40. The van der Waals surface area contributed by atoms with Gasteiger partial charge >= 0.3 is 0 Å². The van der Waals surface area contributed by atoms with E-state index in [0.29, 0.717) is 0 Å². The van der Waals surface area contributed by atoms with Crippen molar-refractivity contribution in [2.24, 2.45) is 0 Å². The molecule has 15 heavy (non-hydrogen) atoms. The highest BCUT2D eigenvalue weighted by molar-refractivity contribution is 6.31. The summed E-state index contributed by atoms with van der Waals surface area (Å²) in [4.78, 5) is 0. The van der Waals surface area contributed by atoms with Gasteiger partial charge in [0.25, 0.3) is 0 Å². The largest absolute Gasteiger partial charge is 0.0840 e. The van der Waals surface area contributed by atoms with Crippen molar-refractivity contribution in [2.45, 2.75) is 52.4 Å². The minimum atomic E-state index is 0.166. The van der Waals surface area contributed by atoms with Crippen LogP contribution >= 0.6 is 11.6 Å². The van der Waals surface area contributed by atoms with E-state index in [9.17, 15) is 0 Å². The molecule has 2 rings (SSSR count). The van der Waals surface area contributed by atoms with Crippen molar-refractivity contribution >= 4 is 11.6 Å². The summed E-state index contributed by atoms with van der Waals surface area (Å²) < 4.78 is 0. The predicted molar refractivity (Wildman–Crippen MR) is 66.9 cm³/mol. The molecule has 0 radical (unpaired) electrons. The average Bonchev–Trinajstić information content (AvgIpc) is 2.49. The number of aryl methyl sites for hydroxylation is 1. The molecule has 0 aromatic heterocycles. The van der Waals surface area contributed by atoms with Gasteiger partial charge in [-0.2, -0.15) is 0 Å². The summed E-state index contributed by atoms with van der Waals surface area (Å²) in [6, 6.07) is 2.15. The van der Waals surface area contributed by atoms with E-state index in [1.165, 1.54) is 36.0 Å². The minimum absolute atomic E-state index is 0.166. The van der Waals surface area contributed by atoms with E-state index in [4.69, 9.17) is 11.6 Å². The zero-order valence-electron chi connectivity index (χ0n) is 10.1. The summed E-state index contributed by atoms with van der Waals surface area (Å²) in [5.41, 5.74) is 6.01. The first-order valence-electron chi connectivity index (χ1n) is 5.72. The molecule has 1 heteroatoms. The first-order valence-corrected chi connectivity index (χ1v) is 6.10. The van der Waals surface area contributed by atoms with Gasteiger partial charge in [-0.3, -0.25) is 0 Å². The van der Waals surface area contributed by atoms with Gasteiger partial charge in [0.15, 0.2) is 0 Å². The number of benzene rings is 1. The van der Waals surface area contributed by atoms with Crippen LogP contribution in [-0.4, -0.2) is 0 Å². The second-order valence-corrected chi connectivity index (χ2v) is 6.02. The lowest BCUT2D eigenvalue weighted by Gasteiger charge is -2.25. The Morgan fingerprint density at radius 2 is 1.73 bits per heavy atom. The fourth-order valence-electron chi connectivity index (χ4n) is 2.76. The molecule has 0 fully saturated rings. The van der Waals surface area contributed by atoms with E-state index in [1.807, 2.05) is 0 Å². The summed E-state index contributed by atoms with van der Waals surface area (Å²) in [6.07, 6.45) is 3.74. The Balaban J connectivity index is 2.70. The van der Waals surface area contributed by atoms with Gasteiger partial charge in [-0.25, -0.2) is 0 Å². The number of hydrogen-bond acceptors (Lipinski definition) is 0. The number of halogens is 1. The number of fused-ring (bicyclic) bond motifs is 1. The van der Waals surface area contributed by atoms with Crippen molar-refractivity contribution in [3.63, 3.8) is 0 Å². The second-order valence-electron chi connectivity index (χ2n) is 5.61. The summed E-state index contributed by atoms with van der Waals surface area (Å²) in [5.74, 6) is 0. The van der Waals surface area contributed by atoms with Crippen LogP contribution in [0.1, 0.15) is 49.4 Å². The summed E-state index contributed by atoms with van der Waals surface area (Å²) >= 11 is 6.40. The highest BCUT2D eigenvalue weighted by Gasteiger charge is 2.26. The maximum Gasteiger partial charge on any atom is 0.0448 e. The first kappa shape index (κ1) is 11.0. The highest BCUT2D eigenvalue weighted by Crippen LogP contribution is 2.39. The highest BCUT2D eigenvalue weighted by atomic mass is 35.5. The molecule has 1 aromatic carbocycles. The number of rotatable bonds is 0. The lowest BCUT2D eigenvalue weighted by Crippen LogP contribution is -2.15. The Kier molecular flexibility index (Phi) is 2.58. The maximum absolute atomic E-state index is 6.40. The van der Waals surface area contributed by atoms with E-state index < -0.39 is 0 Å². The van der Waals surface area contributed by atoms with Crippen molar-refractivity contribution in [2.75, 3.05) is 0 Å². The van der Waals surface area contributed by atoms with Gasteiger partial charge in [0, 0.05) is 5.02 Å². The molecule has 82 valence electrons. The first-order chi connectivity index (χ1) is 6.91. The van der Waals surface area contributed by atoms with Crippen LogP contribution in [0.2, 0.25) is 5.02 Å². The SMILES string of the molecule is Cc1cc(Cl)c(C(C)(C)C)c2c1CCC2. The molecule has 0 atom stereocenters. The molecule has 0 amide bonds. The van der Waals surface area contributed by atoms with Gasteiger partial charge in [0.05, 0.1) is 0 Å². The Morgan fingerprint density at radius 3 is 2.33 bits per heavy atom. The predicted octanol–water partition coefficient (Wildman–Crippen LogP) is 4.43. The summed E-state index contributed by atoms with van der Waals surface area (Å²) in [7, 11) is 0. The lowest BCUT2D eigenvalue weighted by atomic mass is 9.81. The fourth-order valence-corrected chi connectivity index (χ4v) is 3.32. The summed E-state index contributed by atoms with van der Waals surface area (Å²) in [6.45, 7) is 8.94. The van der Waals surface area contributed by atoms with Crippen LogP contribution in [0.3, 0.4) is 0 Å². The third-order valence-electron chi connectivity index (χ3n) is 3.33. The molecular formula is C14H19Cl. The smallest absolute Gasteiger partial charge is 0.0448 e. The van der Waals surface area contributed by atoms with Crippen LogP contribution in [0.25, 0.3) is 0 Å². The van der Waals surface area contributed by atoms with Crippen molar-refractivity contribution in [3.05, 3.63) is 33.3 Å². The number of hydrogen-bond donors (Lipinski definition) is 0. The second kappa shape index (κ2) is 3.52. The normalized spacial score (nSPS) is 15.5. The van der Waals surface area contributed by atoms with Crippen molar-refractivity contribution in [1.29, 1.82) is 0 Å². The van der Waals surface area contributed by atoms with Crippen molar-refractivity contribution in [1.82, 2.24) is 0 Å². The van der Waals surface area contributed by atoms with E-state index in [1.54, 1.807) is 5.56 Å². The zero-order valence-corrected chi connectivity index (χ0v) is 10.8. The molecule has 0 saturated heterocycles. The Hall–Kier alpha value is -0.490. The van der Waals surface area contributed by atoms with Crippen molar-refractivity contribution in [3.8, 4) is 0 Å². The lowest BCUT2D eigenvalue weighted by molar-refractivity contribution is 0.583. The van der Waals surface area contributed by atoms with Gasteiger partial charge in [0.2, 0.25) is 0 Å². The van der Waals surface area contributed by atoms with Crippen LogP contribution < -0.4 is 0 Å². The third-order valence-corrected chi connectivity index (χ3v) is 3.63. The Bertz CT molecular complexity index is 397. The van der Waals surface area contributed by atoms with Crippen LogP contribution in [0.4, 0.5) is 0 Å². The van der Waals surface area contributed by atoms with E-state index in [0.717, 1.165) is 5.02 Å². The van der Waals surface area contributed by atoms with E-state index >= 15 is 0 Å². The minimum Gasteiger partial charge on any atom is -0.0840 e. The van der Waals surface area contributed by atoms with Gasteiger partial charge in [-0.1, -0.05) is 32.4 Å². The Labute approximate surface area is 97.6 Å². The molecule has 0 nitrogen and oxygen atoms in total. The molecule has 0 bridgehead atoms. The average molecular weight is 223 g/mol. The standard InChI is InChI=1S/C14H19Cl/c1-9-8-12(15)13(14(2,3)4)11-7-5-6-10(9)11/h8H,5-7H2,1-4H3. The molecule has 1 aromatic rings. The Morgan fingerprint density at radius 1 is 1.13 bits per heavy atom. The van der Waals surface area contributed by atoms with E-state index in [2.05, 4.69) is 33.8 Å². The topological polar surface area (TPSA) is 0 Å². The molecule has 0 N–H and O–H groups in total. The van der Waals surface area contributed by atoms with Crippen LogP contribution in [-0.2, 0) is 18.3 Å². The van der Waals surface area contributed by atoms with Gasteiger partial charge in [-0.15, -0.1) is 0 Å². The fraction of sp³-hybridized carbons (Fsp3) is 0.571. The molecule has 0 heterocycles. The van der Waals surface area contributed by atoms with Gasteiger partial charge in [0.1, 0.15) is 0 Å².